The minimum absolute atomic E-state index is 0.620. The van der Waals surface area contributed by atoms with E-state index in [-0.39, 0.29) is 0 Å². The number of hydrogen-bond acceptors (Lipinski definition) is 4. The van der Waals surface area contributed by atoms with Crippen LogP contribution in [0.25, 0.3) is 21.9 Å². The molecule has 0 unspecified atom stereocenters. The number of aromatic amines is 1. The molecule has 2 aromatic carbocycles. The van der Waals surface area contributed by atoms with E-state index in [2.05, 4.69) is 62.6 Å². The molecule has 0 atom stereocenters. The number of hydrogen-bond donors (Lipinski definition) is 2. The normalized spacial score (nSPS) is 11.4. The lowest BCUT2D eigenvalue weighted by molar-refractivity contribution is 0.264. The van der Waals surface area contributed by atoms with Gasteiger partial charge in [-0.2, -0.15) is 0 Å². The molecule has 0 bridgehead atoms. The Labute approximate surface area is 159 Å². The predicted molar refractivity (Wildman–Crippen MR) is 111 cm³/mol. The SMILES string of the molecule is CN(C)CCOc1c(NCc2ccccc2)ccc2c1[nH]c1ncccc12. The van der Waals surface area contributed by atoms with Gasteiger partial charge in [0.2, 0.25) is 0 Å². The molecule has 0 aliphatic carbocycles. The Kier molecular flexibility index (Phi) is 4.94. The molecule has 4 aromatic rings. The molecule has 0 aliphatic rings. The first-order chi connectivity index (χ1) is 13.2. The summed E-state index contributed by atoms with van der Waals surface area (Å²) in [5.41, 5.74) is 4.08. The van der Waals surface area contributed by atoms with Gasteiger partial charge in [-0.3, -0.25) is 0 Å². The third-order valence-corrected chi connectivity index (χ3v) is 4.61. The minimum atomic E-state index is 0.620. The van der Waals surface area contributed by atoms with E-state index in [0.29, 0.717) is 6.61 Å². The molecule has 0 aliphatic heterocycles. The van der Waals surface area contributed by atoms with Crippen LogP contribution in [-0.4, -0.2) is 42.1 Å². The lowest BCUT2D eigenvalue weighted by Crippen LogP contribution is -2.19. The average molecular weight is 360 g/mol. The fourth-order valence-corrected chi connectivity index (χ4v) is 3.18. The van der Waals surface area contributed by atoms with Gasteiger partial charge in [-0.15, -0.1) is 0 Å². The molecule has 138 valence electrons. The van der Waals surface area contributed by atoms with Gasteiger partial charge in [0, 0.05) is 30.1 Å². The Bertz CT molecular complexity index is 1040. The van der Waals surface area contributed by atoms with Crippen LogP contribution >= 0.6 is 0 Å². The van der Waals surface area contributed by atoms with Crippen molar-refractivity contribution in [3.05, 3.63) is 66.4 Å². The van der Waals surface area contributed by atoms with Crippen LogP contribution in [0.2, 0.25) is 0 Å². The molecule has 0 spiro atoms. The van der Waals surface area contributed by atoms with Crippen molar-refractivity contribution in [2.24, 2.45) is 0 Å². The molecule has 5 heteroatoms. The van der Waals surface area contributed by atoms with Crippen molar-refractivity contribution in [1.29, 1.82) is 0 Å². The van der Waals surface area contributed by atoms with Crippen molar-refractivity contribution in [3.8, 4) is 5.75 Å². The predicted octanol–water partition coefficient (Wildman–Crippen LogP) is 4.27. The molecule has 0 saturated carbocycles. The summed E-state index contributed by atoms with van der Waals surface area (Å²) < 4.78 is 6.22. The minimum Gasteiger partial charge on any atom is -0.488 e. The first-order valence-corrected chi connectivity index (χ1v) is 9.17. The van der Waals surface area contributed by atoms with Gasteiger partial charge < -0.3 is 19.9 Å². The maximum atomic E-state index is 6.22. The number of likely N-dealkylation sites (N-methyl/N-ethyl adjacent to an activating group) is 1. The average Bonchev–Trinajstić information content (AvgIpc) is 3.06. The zero-order valence-corrected chi connectivity index (χ0v) is 15.7. The number of nitrogens with zero attached hydrogens (tertiary/aromatic N) is 2. The van der Waals surface area contributed by atoms with E-state index < -0.39 is 0 Å². The second kappa shape index (κ2) is 7.68. The maximum Gasteiger partial charge on any atom is 0.166 e. The fourth-order valence-electron chi connectivity index (χ4n) is 3.18. The van der Waals surface area contributed by atoms with E-state index in [4.69, 9.17) is 4.74 Å². The molecule has 2 heterocycles. The zero-order valence-electron chi connectivity index (χ0n) is 15.7. The summed E-state index contributed by atoms with van der Waals surface area (Å²) in [5, 5.41) is 5.76. The first-order valence-electron chi connectivity index (χ1n) is 9.17. The van der Waals surface area contributed by atoms with Gasteiger partial charge in [0.05, 0.1) is 11.2 Å². The zero-order chi connectivity index (χ0) is 18.6. The Hall–Kier alpha value is -3.05. The highest BCUT2D eigenvalue weighted by atomic mass is 16.5. The van der Waals surface area contributed by atoms with E-state index in [0.717, 1.165) is 46.5 Å². The van der Waals surface area contributed by atoms with Crippen LogP contribution in [0.3, 0.4) is 0 Å². The number of H-pyrrole nitrogens is 1. The van der Waals surface area contributed by atoms with Crippen molar-refractivity contribution in [2.75, 3.05) is 32.6 Å². The molecule has 0 saturated heterocycles. The number of benzene rings is 2. The molecule has 0 radical (unpaired) electrons. The van der Waals surface area contributed by atoms with Crippen molar-refractivity contribution in [1.82, 2.24) is 14.9 Å². The van der Waals surface area contributed by atoms with E-state index in [1.54, 1.807) is 6.20 Å². The van der Waals surface area contributed by atoms with Gasteiger partial charge in [0.1, 0.15) is 12.3 Å². The van der Waals surface area contributed by atoms with Crippen molar-refractivity contribution < 1.29 is 4.74 Å². The third-order valence-electron chi connectivity index (χ3n) is 4.61. The number of ether oxygens (including phenoxy) is 1. The van der Waals surface area contributed by atoms with Gasteiger partial charge in [0.25, 0.3) is 0 Å². The molecule has 27 heavy (non-hydrogen) atoms. The van der Waals surface area contributed by atoms with Crippen LogP contribution < -0.4 is 10.1 Å². The Morgan fingerprint density at radius 3 is 2.67 bits per heavy atom. The number of anilines is 1. The topological polar surface area (TPSA) is 53.2 Å². The standard InChI is InChI=1S/C22H24N4O/c1-26(2)13-14-27-21-19(24-15-16-7-4-3-5-8-16)11-10-17-18-9-6-12-23-22(18)25-20(17)21/h3-12,24H,13-15H2,1-2H3,(H,23,25). The molecule has 2 aromatic heterocycles. The van der Waals surface area contributed by atoms with Crippen LogP contribution in [0.5, 0.6) is 5.75 Å². The van der Waals surface area contributed by atoms with Crippen LogP contribution in [0, 0.1) is 0 Å². The van der Waals surface area contributed by atoms with Gasteiger partial charge in [0.15, 0.2) is 5.75 Å². The molecule has 0 fully saturated rings. The summed E-state index contributed by atoms with van der Waals surface area (Å²) in [6, 6.07) is 18.6. The summed E-state index contributed by atoms with van der Waals surface area (Å²) in [4.78, 5) is 10.0. The largest absolute Gasteiger partial charge is 0.488 e. The summed E-state index contributed by atoms with van der Waals surface area (Å²) >= 11 is 0. The van der Waals surface area contributed by atoms with Crippen LogP contribution in [0.1, 0.15) is 5.56 Å². The van der Waals surface area contributed by atoms with Crippen LogP contribution in [0.4, 0.5) is 5.69 Å². The Balaban J connectivity index is 1.71. The Morgan fingerprint density at radius 2 is 1.85 bits per heavy atom. The molecular weight excluding hydrogens is 336 g/mol. The van der Waals surface area contributed by atoms with Gasteiger partial charge in [-0.05, 0) is 43.9 Å². The van der Waals surface area contributed by atoms with E-state index >= 15 is 0 Å². The quantitative estimate of drug-likeness (QED) is 0.517. The van der Waals surface area contributed by atoms with Gasteiger partial charge in [-0.25, -0.2) is 4.98 Å². The number of rotatable bonds is 7. The second-order valence-corrected chi connectivity index (χ2v) is 6.88. The third kappa shape index (κ3) is 3.73. The van der Waals surface area contributed by atoms with E-state index in [1.807, 2.05) is 26.2 Å². The summed E-state index contributed by atoms with van der Waals surface area (Å²) in [6.45, 7) is 2.22. The Morgan fingerprint density at radius 1 is 1.00 bits per heavy atom. The molecule has 5 nitrogen and oxygen atoms in total. The number of aromatic nitrogens is 2. The molecule has 0 amide bonds. The summed E-state index contributed by atoms with van der Waals surface area (Å²) in [6.07, 6.45) is 1.80. The maximum absolute atomic E-state index is 6.22. The summed E-state index contributed by atoms with van der Waals surface area (Å²) in [5.74, 6) is 0.850. The van der Waals surface area contributed by atoms with E-state index in [9.17, 15) is 0 Å². The van der Waals surface area contributed by atoms with Crippen molar-refractivity contribution in [3.63, 3.8) is 0 Å². The van der Waals surface area contributed by atoms with Gasteiger partial charge >= 0.3 is 0 Å². The fraction of sp³-hybridized carbons (Fsp3) is 0.227. The second-order valence-electron chi connectivity index (χ2n) is 6.88. The van der Waals surface area contributed by atoms with Crippen molar-refractivity contribution in [2.45, 2.75) is 6.54 Å². The lowest BCUT2D eigenvalue weighted by atomic mass is 10.1. The highest BCUT2D eigenvalue weighted by Crippen LogP contribution is 2.37. The monoisotopic (exact) mass is 360 g/mol. The van der Waals surface area contributed by atoms with E-state index in [1.165, 1.54) is 5.56 Å². The molecular formula is C22H24N4O. The molecule has 4 rings (SSSR count). The number of pyridine rings is 1. The number of fused-ring (bicyclic) bond motifs is 3. The highest BCUT2D eigenvalue weighted by molar-refractivity contribution is 6.09. The first kappa shape index (κ1) is 17.4. The smallest absolute Gasteiger partial charge is 0.166 e. The number of nitrogens with one attached hydrogen (secondary N) is 2. The lowest BCUT2D eigenvalue weighted by Gasteiger charge is -2.16. The summed E-state index contributed by atoms with van der Waals surface area (Å²) in [7, 11) is 4.09. The van der Waals surface area contributed by atoms with Gasteiger partial charge in [-0.1, -0.05) is 30.3 Å². The van der Waals surface area contributed by atoms with Crippen LogP contribution in [-0.2, 0) is 6.54 Å². The molecule has 2 N–H and O–H groups in total. The highest BCUT2D eigenvalue weighted by Gasteiger charge is 2.14. The van der Waals surface area contributed by atoms with Crippen molar-refractivity contribution >= 4 is 27.6 Å². The van der Waals surface area contributed by atoms with Crippen LogP contribution in [0.15, 0.2) is 60.8 Å².